The average molecular weight is 238 g/mol. The maximum absolute atomic E-state index is 11.8. The standard InChI is InChI=1S/C13H22N2O2/c1-10-8-12(16)15(13(17)9-10)7-4-11-2-5-14-6-3-11/h10-11,14H,2-9H2,1H3. The number of likely N-dealkylation sites (tertiary alicyclic amines) is 1. The number of piperidine rings is 2. The summed E-state index contributed by atoms with van der Waals surface area (Å²) in [6.07, 6.45) is 4.41. The molecular formula is C13H22N2O2. The van der Waals surface area contributed by atoms with Crippen molar-refractivity contribution < 1.29 is 9.59 Å². The molecule has 4 nitrogen and oxygen atoms in total. The molecule has 0 aliphatic carbocycles. The van der Waals surface area contributed by atoms with Gasteiger partial charge in [-0.1, -0.05) is 6.92 Å². The van der Waals surface area contributed by atoms with Crippen molar-refractivity contribution in [3.8, 4) is 0 Å². The van der Waals surface area contributed by atoms with Crippen LogP contribution in [0.1, 0.15) is 39.0 Å². The Labute approximate surface area is 103 Å². The first-order valence-electron chi connectivity index (χ1n) is 6.70. The largest absolute Gasteiger partial charge is 0.317 e. The summed E-state index contributed by atoms with van der Waals surface area (Å²) in [6.45, 7) is 4.75. The molecule has 2 aliphatic heterocycles. The predicted molar refractivity (Wildman–Crippen MR) is 65.3 cm³/mol. The van der Waals surface area contributed by atoms with Crippen molar-refractivity contribution in [3.05, 3.63) is 0 Å². The summed E-state index contributed by atoms with van der Waals surface area (Å²) in [5.74, 6) is 0.965. The molecule has 0 atom stereocenters. The van der Waals surface area contributed by atoms with E-state index in [0.29, 0.717) is 25.3 Å². The van der Waals surface area contributed by atoms with Crippen LogP contribution >= 0.6 is 0 Å². The molecule has 2 heterocycles. The Hall–Kier alpha value is -0.900. The predicted octanol–water partition coefficient (Wildman–Crippen LogP) is 1.16. The number of imide groups is 1. The third kappa shape index (κ3) is 3.28. The first-order valence-corrected chi connectivity index (χ1v) is 6.70. The molecule has 1 N–H and O–H groups in total. The molecule has 2 fully saturated rings. The summed E-state index contributed by atoms with van der Waals surface area (Å²) in [5.41, 5.74) is 0. The van der Waals surface area contributed by atoms with Gasteiger partial charge in [-0.2, -0.15) is 0 Å². The van der Waals surface area contributed by atoms with E-state index in [0.717, 1.165) is 19.5 Å². The number of carbonyl (C=O) groups excluding carboxylic acids is 2. The van der Waals surface area contributed by atoms with Crippen molar-refractivity contribution in [2.45, 2.75) is 39.0 Å². The van der Waals surface area contributed by atoms with Crippen LogP contribution in [0.2, 0.25) is 0 Å². The number of nitrogens with zero attached hydrogens (tertiary/aromatic N) is 1. The Balaban J connectivity index is 1.81. The average Bonchev–Trinajstić information content (AvgIpc) is 2.29. The number of carbonyl (C=O) groups is 2. The summed E-state index contributed by atoms with van der Waals surface area (Å²) in [6, 6.07) is 0. The molecule has 0 aromatic heterocycles. The smallest absolute Gasteiger partial charge is 0.229 e. The van der Waals surface area contributed by atoms with Crippen LogP contribution < -0.4 is 5.32 Å². The second-order valence-corrected chi connectivity index (χ2v) is 5.43. The summed E-state index contributed by atoms with van der Waals surface area (Å²) in [5, 5.41) is 3.33. The van der Waals surface area contributed by atoms with Crippen LogP contribution in [0.15, 0.2) is 0 Å². The molecule has 2 aliphatic rings. The Morgan fingerprint density at radius 1 is 1.18 bits per heavy atom. The van der Waals surface area contributed by atoms with Gasteiger partial charge in [0.2, 0.25) is 11.8 Å². The highest BCUT2D eigenvalue weighted by Gasteiger charge is 2.30. The summed E-state index contributed by atoms with van der Waals surface area (Å²) >= 11 is 0. The minimum absolute atomic E-state index is 0.0303. The molecule has 4 heteroatoms. The highest BCUT2D eigenvalue weighted by atomic mass is 16.2. The second kappa shape index (κ2) is 5.63. The van der Waals surface area contributed by atoms with Crippen molar-refractivity contribution in [2.24, 2.45) is 11.8 Å². The van der Waals surface area contributed by atoms with Crippen LogP contribution in [-0.2, 0) is 9.59 Å². The quantitative estimate of drug-likeness (QED) is 0.751. The lowest BCUT2D eigenvalue weighted by Gasteiger charge is -2.30. The molecule has 0 radical (unpaired) electrons. The van der Waals surface area contributed by atoms with Crippen LogP contribution in [0.25, 0.3) is 0 Å². The number of hydrogen-bond acceptors (Lipinski definition) is 3. The molecule has 0 unspecified atom stereocenters. The number of amides is 2. The maximum atomic E-state index is 11.8. The zero-order valence-electron chi connectivity index (χ0n) is 10.6. The van der Waals surface area contributed by atoms with Crippen molar-refractivity contribution in [3.63, 3.8) is 0 Å². The molecule has 0 saturated carbocycles. The van der Waals surface area contributed by atoms with Gasteiger partial charge in [0.05, 0.1) is 0 Å². The fraction of sp³-hybridized carbons (Fsp3) is 0.846. The van der Waals surface area contributed by atoms with Gasteiger partial charge in [0.15, 0.2) is 0 Å². The van der Waals surface area contributed by atoms with E-state index in [-0.39, 0.29) is 17.7 Å². The minimum Gasteiger partial charge on any atom is -0.317 e. The SMILES string of the molecule is CC1CC(=O)N(CCC2CCNCC2)C(=O)C1. The zero-order valence-corrected chi connectivity index (χ0v) is 10.6. The van der Waals surface area contributed by atoms with Crippen molar-refractivity contribution >= 4 is 11.8 Å². The minimum atomic E-state index is 0.0303. The fourth-order valence-corrected chi connectivity index (χ4v) is 2.76. The Morgan fingerprint density at radius 2 is 1.76 bits per heavy atom. The van der Waals surface area contributed by atoms with E-state index in [2.05, 4.69) is 5.32 Å². The molecule has 0 bridgehead atoms. The van der Waals surface area contributed by atoms with Gasteiger partial charge in [0, 0.05) is 19.4 Å². The van der Waals surface area contributed by atoms with E-state index in [1.807, 2.05) is 6.92 Å². The van der Waals surface area contributed by atoms with Crippen molar-refractivity contribution in [2.75, 3.05) is 19.6 Å². The van der Waals surface area contributed by atoms with Gasteiger partial charge < -0.3 is 5.32 Å². The number of nitrogens with one attached hydrogen (secondary N) is 1. The van der Waals surface area contributed by atoms with Crippen LogP contribution in [0.4, 0.5) is 0 Å². The summed E-state index contributed by atoms with van der Waals surface area (Å²) in [4.78, 5) is 25.0. The number of hydrogen-bond donors (Lipinski definition) is 1. The lowest BCUT2D eigenvalue weighted by molar-refractivity contribution is -0.149. The van der Waals surface area contributed by atoms with Crippen LogP contribution in [0.5, 0.6) is 0 Å². The van der Waals surface area contributed by atoms with E-state index < -0.39 is 0 Å². The molecule has 2 rings (SSSR count). The molecule has 0 aromatic rings. The Morgan fingerprint density at radius 3 is 2.35 bits per heavy atom. The molecule has 2 saturated heterocycles. The zero-order chi connectivity index (χ0) is 12.3. The Bertz CT molecular complexity index is 280. The van der Waals surface area contributed by atoms with Gasteiger partial charge >= 0.3 is 0 Å². The maximum Gasteiger partial charge on any atom is 0.229 e. The molecule has 2 amide bonds. The third-order valence-electron chi connectivity index (χ3n) is 3.87. The van der Waals surface area contributed by atoms with E-state index >= 15 is 0 Å². The van der Waals surface area contributed by atoms with Gasteiger partial charge in [0.25, 0.3) is 0 Å². The molecule has 0 aromatic carbocycles. The fourth-order valence-electron chi connectivity index (χ4n) is 2.76. The highest BCUT2D eigenvalue weighted by Crippen LogP contribution is 2.21. The van der Waals surface area contributed by atoms with E-state index in [4.69, 9.17) is 0 Å². The molecular weight excluding hydrogens is 216 g/mol. The monoisotopic (exact) mass is 238 g/mol. The molecule has 96 valence electrons. The second-order valence-electron chi connectivity index (χ2n) is 5.43. The van der Waals surface area contributed by atoms with Crippen molar-refractivity contribution in [1.82, 2.24) is 10.2 Å². The Kier molecular flexibility index (Phi) is 4.15. The van der Waals surface area contributed by atoms with Crippen LogP contribution in [0, 0.1) is 11.8 Å². The van der Waals surface area contributed by atoms with Crippen molar-refractivity contribution in [1.29, 1.82) is 0 Å². The van der Waals surface area contributed by atoms with E-state index in [9.17, 15) is 9.59 Å². The van der Waals surface area contributed by atoms with E-state index in [1.54, 1.807) is 0 Å². The normalized spacial score (nSPS) is 24.4. The highest BCUT2D eigenvalue weighted by molar-refractivity contribution is 5.97. The molecule has 17 heavy (non-hydrogen) atoms. The topological polar surface area (TPSA) is 49.4 Å². The van der Waals surface area contributed by atoms with Gasteiger partial charge in [-0.15, -0.1) is 0 Å². The first-order chi connectivity index (χ1) is 8.16. The van der Waals surface area contributed by atoms with E-state index in [1.165, 1.54) is 17.7 Å². The first kappa shape index (κ1) is 12.6. The van der Waals surface area contributed by atoms with Gasteiger partial charge in [-0.3, -0.25) is 14.5 Å². The van der Waals surface area contributed by atoms with Gasteiger partial charge in [-0.05, 0) is 44.2 Å². The molecule has 0 spiro atoms. The third-order valence-corrected chi connectivity index (χ3v) is 3.87. The van der Waals surface area contributed by atoms with Crippen LogP contribution in [-0.4, -0.2) is 36.3 Å². The lowest BCUT2D eigenvalue weighted by Crippen LogP contribution is -2.44. The van der Waals surface area contributed by atoms with Gasteiger partial charge in [0.1, 0.15) is 0 Å². The van der Waals surface area contributed by atoms with Gasteiger partial charge in [-0.25, -0.2) is 0 Å². The summed E-state index contributed by atoms with van der Waals surface area (Å²) < 4.78 is 0. The number of rotatable bonds is 3. The summed E-state index contributed by atoms with van der Waals surface area (Å²) in [7, 11) is 0. The van der Waals surface area contributed by atoms with Crippen LogP contribution in [0.3, 0.4) is 0 Å². The lowest BCUT2D eigenvalue weighted by atomic mass is 9.93.